The van der Waals surface area contributed by atoms with Gasteiger partial charge in [-0.3, -0.25) is 4.79 Å². The molecule has 3 rings (SSSR count). The molecule has 0 radical (unpaired) electrons. The van der Waals surface area contributed by atoms with Gasteiger partial charge in [-0.25, -0.2) is 9.48 Å². The van der Waals surface area contributed by atoms with E-state index in [0.717, 1.165) is 5.69 Å². The van der Waals surface area contributed by atoms with E-state index >= 15 is 0 Å². The summed E-state index contributed by atoms with van der Waals surface area (Å²) in [6.07, 6.45) is 3.11. The van der Waals surface area contributed by atoms with E-state index in [1.54, 1.807) is 47.3 Å². The number of hydrogen-bond donors (Lipinski definition) is 1. The highest BCUT2D eigenvalue weighted by atomic mass is 35.5. The fourth-order valence-electron chi connectivity index (χ4n) is 2.19. The van der Waals surface area contributed by atoms with Crippen LogP contribution in [-0.2, 0) is 4.74 Å². The highest BCUT2D eigenvalue weighted by molar-refractivity contribution is 6.30. The van der Waals surface area contributed by atoms with Crippen LogP contribution in [0.5, 0.6) is 0 Å². The molecule has 0 atom stereocenters. The monoisotopic (exact) mass is 355 g/mol. The largest absolute Gasteiger partial charge is 0.465 e. The van der Waals surface area contributed by atoms with E-state index in [4.69, 9.17) is 11.6 Å². The molecule has 0 aliphatic carbocycles. The molecule has 7 heteroatoms. The first-order valence-electron chi connectivity index (χ1n) is 7.37. The molecular formula is C18H14ClN3O3. The number of hydrogen-bond acceptors (Lipinski definition) is 4. The number of halogens is 1. The summed E-state index contributed by atoms with van der Waals surface area (Å²) in [6, 6.07) is 13.5. The van der Waals surface area contributed by atoms with Crippen LogP contribution in [0.2, 0.25) is 5.02 Å². The van der Waals surface area contributed by atoms with Gasteiger partial charge in [-0.15, -0.1) is 0 Å². The summed E-state index contributed by atoms with van der Waals surface area (Å²) >= 11 is 5.86. The van der Waals surface area contributed by atoms with Gasteiger partial charge in [0.05, 0.1) is 30.1 Å². The van der Waals surface area contributed by atoms with Gasteiger partial charge in [-0.2, -0.15) is 5.10 Å². The van der Waals surface area contributed by atoms with E-state index in [2.05, 4.69) is 15.2 Å². The van der Waals surface area contributed by atoms with Gasteiger partial charge in [-0.05, 0) is 48.5 Å². The molecule has 0 unspecified atom stereocenters. The number of aromatic nitrogens is 2. The normalized spacial score (nSPS) is 10.3. The van der Waals surface area contributed by atoms with E-state index in [1.807, 2.05) is 12.1 Å². The number of carbonyl (C=O) groups excluding carboxylic acids is 2. The highest BCUT2D eigenvalue weighted by Crippen LogP contribution is 2.15. The van der Waals surface area contributed by atoms with Crippen molar-refractivity contribution in [3.63, 3.8) is 0 Å². The zero-order valence-electron chi connectivity index (χ0n) is 13.3. The summed E-state index contributed by atoms with van der Waals surface area (Å²) in [6.45, 7) is 0. The summed E-state index contributed by atoms with van der Waals surface area (Å²) in [5.41, 5.74) is 2.19. The van der Waals surface area contributed by atoms with Crippen LogP contribution in [0.15, 0.2) is 60.9 Å². The summed E-state index contributed by atoms with van der Waals surface area (Å²) < 4.78 is 6.22. The van der Waals surface area contributed by atoms with Crippen LogP contribution in [0.3, 0.4) is 0 Å². The number of esters is 1. The standard InChI is InChI=1S/C18H14ClN3O3/c1-25-18(24)12-2-6-15(7-3-12)21-17(23)13-10-20-22(11-13)16-8-4-14(19)5-9-16/h2-11H,1H3,(H,21,23). The van der Waals surface area contributed by atoms with Crippen molar-refractivity contribution in [3.8, 4) is 5.69 Å². The Hall–Kier alpha value is -3.12. The Balaban J connectivity index is 1.71. The molecule has 1 amide bonds. The molecular weight excluding hydrogens is 342 g/mol. The molecule has 0 fully saturated rings. The van der Waals surface area contributed by atoms with Crippen molar-refractivity contribution in [2.45, 2.75) is 0 Å². The second-order valence-corrected chi connectivity index (χ2v) is 5.61. The molecule has 0 aliphatic rings. The lowest BCUT2D eigenvalue weighted by molar-refractivity contribution is 0.0600. The van der Waals surface area contributed by atoms with Crippen molar-refractivity contribution in [1.29, 1.82) is 0 Å². The van der Waals surface area contributed by atoms with Crippen LogP contribution in [0.1, 0.15) is 20.7 Å². The number of nitrogens with zero attached hydrogens (tertiary/aromatic N) is 2. The summed E-state index contributed by atoms with van der Waals surface area (Å²) in [4.78, 5) is 23.7. The Morgan fingerprint density at radius 3 is 2.36 bits per heavy atom. The van der Waals surface area contributed by atoms with Crippen LogP contribution >= 0.6 is 11.6 Å². The van der Waals surface area contributed by atoms with Crippen molar-refractivity contribution in [2.24, 2.45) is 0 Å². The van der Waals surface area contributed by atoms with Crippen molar-refractivity contribution in [1.82, 2.24) is 9.78 Å². The van der Waals surface area contributed by atoms with E-state index in [0.29, 0.717) is 21.8 Å². The number of nitrogens with one attached hydrogen (secondary N) is 1. The van der Waals surface area contributed by atoms with Gasteiger partial charge in [0, 0.05) is 16.9 Å². The summed E-state index contributed by atoms with van der Waals surface area (Å²) in [7, 11) is 1.32. The average Bonchev–Trinajstić information content (AvgIpc) is 3.12. The van der Waals surface area contributed by atoms with Gasteiger partial charge in [0.15, 0.2) is 0 Å². The van der Waals surface area contributed by atoms with Crippen molar-refractivity contribution in [2.75, 3.05) is 12.4 Å². The minimum atomic E-state index is -0.429. The predicted octanol–water partition coefficient (Wildman–Crippen LogP) is 3.56. The lowest BCUT2D eigenvalue weighted by Gasteiger charge is -2.05. The number of methoxy groups -OCH3 is 1. The Morgan fingerprint density at radius 2 is 1.72 bits per heavy atom. The first kappa shape index (κ1) is 16.7. The minimum absolute atomic E-state index is 0.300. The van der Waals surface area contributed by atoms with Crippen LogP contribution in [0, 0.1) is 0 Å². The van der Waals surface area contributed by atoms with Crippen molar-refractivity contribution >= 4 is 29.2 Å². The molecule has 25 heavy (non-hydrogen) atoms. The van der Waals surface area contributed by atoms with Crippen molar-refractivity contribution in [3.05, 3.63) is 77.1 Å². The SMILES string of the molecule is COC(=O)c1ccc(NC(=O)c2cnn(-c3ccc(Cl)cc3)c2)cc1. The lowest BCUT2D eigenvalue weighted by Crippen LogP contribution is -2.11. The smallest absolute Gasteiger partial charge is 0.337 e. The maximum Gasteiger partial charge on any atom is 0.337 e. The molecule has 0 saturated heterocycles. The molecule has 6 nitrogen and oxygen atoms in total. The van der Waals surface area contributed by atoms with Crippen LogP contribution in [-0.4, -0.2) is 28.8 Å². The van der Waals surface area contributed by atoms with Gasteiger partial charge in [0.2, 0.25) is 0 Å². The number of carbonyl (C=O) groups is 2. The summed E-state index contributed by atoms with van der Waals surface area (Å²) in [5, 5.41) is 7.56. The highest BCUT2D eigenvalue weighted by Gasteiger charge is 2.11. The van der Waals surface area contributed by atoms with E-state index in [9.17, 15) is 9.59 Å². The third kappa shape index (κ3) is 3.87. The fourth-order valence-corrected chi connectivity index (χ4v) is 2.31. The second-order valence-electron chi connectivity index (χ2n) is 5.17. The van der Waals surface area contributed by atoms with Crippen molar-refractivity contribution < 1.29 is 14.3 Å². The van der Waals surface area contributed by atoms with Crippen LogP contribution in [0.25, 0.3) is 5.69 Å². The number of benzene rings is 2. The average molecular weight is 356 g/mol. The molecule has 126 valence electrons. The van der Waals surface area contributed by atoms with E-state index in [1.165, 1.54) is 13.3 Å². The molecule has 1 aromatic heterocycles. The number of rotatable bonds is 4. The van der Waals surface area contributed by atoms with Crippen LogP contribution < -0.4 is 5.32 Å². The topological polar surface area (TPSA) is 73.2 Å². The second kappa shape index (κ2) is 7.19. The molecule has 1 heterocycles. The van der Waals surface area contributed by atoms with Gasteiger partial charge in [0.25, 0.3) is 5.91 Å². The molecule has 3 aromatic rings. The summed E-state index contributed by atoms with van der Waals surface area (Å²) in [5.74, 6) is -0.729. The molecule has 0 saturated carbocycles. The molecule has 1 N–H and O–H groups in total. The van der Waals surface area contributed by atoms with Gasteiger partial charge >= 0.3 is 5.97 Å². The minimum Gasteiger partial charge on any atom is -0.465 e. The molecule has 0 bridgehead atoms. The zero-order chi connectivity index (χ0) is 17.8. The Bertz CT molecular complexity index is 902. The molecule has 2 aromatic carbocycles. The Kier molecular flexibility index (Phi) is 4.81. The maximum absolute atomic E-state index is 12.3. The lowest BCUT2D eigenvalue weighted by atomic mass is 10.2. The molecule has 0 spiro atoms. The first-order chi connectivity index (χ1) is 12.1. The predicted molar refractivity (Wildman–Crippen MR) is 94.3 cm³/mol. The fraction of sp³-hybridized carbons (Fsp3) is 0.0556. The quantitative estimate of drug-likeness (QED) is 0.726. The van der Waals surface area contributed by atoms with Gasteiger partial charge < -0.3 is 10.1 Å². The Labute approximate surface area is 149 Å². The van der Waals surface area contributed by atoms with Gasteiger partial charge in [-0.1, -0.05) is 11.6 Å². The zero-order valence-corrected chi connectivity index (χ0v) is 14.0. The number of amides is 1. The Morgan fingerprint density at radius 1 is 1.04 bits per heavy atom. The third-order valence-electron chi connectivity index (χ3n) is 3.50. The third-order valence-corrected chi connectivity index (χ3v) is 3.75. The number of anilines is 1. The van der Waals surface area contributed by atoms with Gasteiger partial charge in [0.1, 0.15) is 0 Å². The number of ether oxygens (including phenoxy) is 1. The van der Waals surface area contributed by atoms with E-state index < -0.39 is 5.97 Å². The maximum atomic E-state index is 12.3. The van der Waals surface area contributed by atoms with Crippen LogP contribution in [0.4, 0.5) is 5.69 Å². The van der Waals surface area contributed by atoms with E-state index in [-0.39, 0.29) is 5.91 Å². The first-order valence-corrected chi connectivity index (χ1v) is 7.75. The molecule has 0 aliphatic heterocycles.